The van der Waals surface area contributed by atoms with Crippen LogP contribution in [-0.2, 0) is 5.75 Å². The number of hydrogen-bond donors (Lipinski definition) is 1. The zero-order valence-corrected chi connectivity index (χ0v) is 9.50. The molecule has 1 aliphatic heterocycles. The fourth-order valence-electron chi connectivity index (χ4n) is 1.78. The van der Waals surface area contributed by atoms with Gasteiger partial charge in [0.15, 0.2) is 0 Å². The van der Waals surface area contributed by atoms with Gasteiger partial charge in [-0.25, -0.2) is 8.78 Å². The van der Waals surface area contributed by atoms with Crippen LogP contribution < -0.4 is 5.73 Å². The summed E-state index contributed by atoms with van der Waals surface area (Å²) >= 11 is 1.60. The fourth-order valence-corrected chi connectivity index (χ4v) is 2.90. The monoisotopic (exact) mass is 229 g/mol. The highest BCUT2D eigenvalue weighted by molar-refractivity contribution is 7.99. The lowest BCUT2D eigenvalue weighted by atomic mass is 9.91. The molecule has 0 spiro atoms. The Morgan fingerprint density at radius 1 is 1.40 bits per heavy atom. The molecule has 1 aromatic rings. The van der Waals surface area contributed by atoms with Gasteiger partial charge in [-0.15, -0.1) is 11.8 Å². The van der Waals surface area contributed by atoms with Crippen LogP contribution in [0.2, 0.25) is 0 Å². The maximum atomic E-state index is 13.4. The summed E-state index contributed by atoms with van der Waals surface area (Å²) in [5, 5.41) is 0. The van der Waals surface area contributed by atoms with Gasteiger partial charge >= 0.3 is 0 Å². The number of hydrogen-bond acceptors (Lipinski definition) is 2. The van der Waals surface area contributed by atoms with Gasteiger partial charge in [-0.05, 0) is 25.5 Å². The minimum Gasteiger partial charge on any atom is -0.323 e. The molecule has 1 aromatic carbocycles. The number of halogens is 2. The van der Waals surface area contributed by atoms with E-state index in [9.17, 15) is 8.78 Å². The Labute approximate surface area is 92.0 Å². The van der Waals surface area contributed by atoms with Crippen molar-refractivity contribution in [1.29, 1.82) is 0 Å². The fraction of sp³-hybridized carbons (Fsp3) is 0.455. The molecule has 0 aliphatic carbocycles. The van der Waals surface area contributed by atoms with E-state index in [4.69, 9.17) is 5.73 Å². The van der Waals surface area contributed by atoms with Crippen LogP contribution in [0.5, 0.6) is 0 Å². The van der Waals surface area contributed by atoms with E-state index < -0.39 is 11.6 Å². The molecule has 1 heterocycles. The molecule has 0 saturated carbocycles. The summed E-state index contributed by atoms with van der Waals surface area (Å²) in [7, 11) is 0. The average molecular weight is 229 g/mol. The first-order valence-corrected chi connectivity index (χ1v) is 5.78. The lowest BCUT2D eigenvalue weighted by Crippen LogP contribution is -2.36. The van der Waals surface area contributed by atoms with Crippen LogP contribution >= 0.6 is 11.8 Å². The zero-order chi connectivity index (χ0) is 11.2. The van der Waals surface area contributed by atoms with Gasteiger partial charge in [0, 0.05) is 28.2 Å². The SMILES string of the molecule is CC1(C)SCc2c(F)cc(F)cc2C1N. The molecule has 0 fully saturated rings. The maximum absolute atomic E-state index is 13.4. The van der Waals surface area contributed by atoms with E-state index >= 15 is 0 Å². The Balaban J connectivity index is 2.56. The van der Waals surface area contributed by atoms with Crippen LogP contribution in [0.1, 0.15) is 31.0 Å². The van der Waals surface area contributed by atoms with Crippen molar-refractivity contribution in [3.8, 4) is 0 Å². The van der Waals surface area contributed by atoms with Crippen molar-refractivity contribution in [1.82, 2.24) is 0 Å². The largest absolute Gasteiger partial charge is 0.323 e. The van der Waals surface area contributed by atoms with Crippen molar-refractivity contribution < 1.29 is 8.78 Å². The second-order valence-electron chi connectivity index (χ2n) is 4.33. The van der Waals surface area contributed by atoms with Gasteiger partial charge in [0.2, 0.25) is 0 Å². The molecular weight excluding hydrogens is 216 g/mol. The Bertz CT molecular complexity index is 404. The highest BCUT2D eigenvalue weighted by Gasteiger charge is 2.35. The van der Waals surface area contributed by atoms with Gasteiger partial charge < -0.3 is 5.73 Å². The minimum absolute atomic E-state index is 0.173. The smallest absolute Gasteiger partial charge is 0.130 e. The molecule has 1 unspecified atom stereocenters. The van der Waals surface area contributed by atoms with Gasteiger partial charge in [-0.1, -0.05) is 0 Å². The third kappa shape index (κ3) is 1.76. The van der Waals surface area contributed by atoms with Crippen LogP contribution in [0.3, 0.4) is 0 Å². The Hall–Kier alpha value is -0.610. The molecule has 1 aliphatic rings. The van der Waals surface area contributed by atoms with Crippen molar-refractivity contribution in [3.63, 3.8) is 0 Å². The average Bonchev–Trinajstić information content (AvgIpc) is 2.12. The zero-order valence-electron chi connectivity index (χ0n) is 8.68. The van der Waals surface area contributed by atoms with Crippen LogP contribution in [0, 0.1) is 11.6 Å². The van der Waals surface area contributed by atoms with Gasteiger partial charge in [0.05, 0.1) is 0 Å². The van der Waals surface area contributed by atoms with E-state index in [1.54, 1.807) is 11.8 Å². The molecular formula is C11H13F2NS. The Morgan fingerprint density at radius 3 is 2.73 bits per heavy atom. The maximum Gasteiger partial charge on any atom is 0.130 e. The molecule has 82 valence electrons. The number of rotatable bonds is 0. The lowest BCUT2D eigenvalue weighted by molar-refractivity contribution is 0.521. The van der Waals surface area contributed by atoms with E-state index in [0.29, 0.717) is 16.9 Å². The summed E-state index contributed by atoms with van der Waals surface area (Å²) in [4.78, 5) is 0. The van der Waals surface area contributed by atoms with Gasteiger partial charge in [0.1, 0.15) is 11.6 Å². The summed E-state index contributed by atoms with van der Waals surface area (Å²) in [6.07, 6.45) is 0. The third-order valence-electron chi connectivity index (χ3n) is 2.87. The normalized spacial score (nSPS) is 23.7. The standard InChI is InChI=1S/C11H13F2NS/c1-11(2)10(14)7-3-6(12)4-9(13)8(7)5-15-11/h3-4,10H,5,14H2,1-2H3. The molecule has 0 amide bonds. The first-order chi connectivity index (χ1) is 6.92. The first kappa shape index (κ1) is 10.9. The molecule has 0 bridgehead atoms. The number of thioether (sulfide) groups is 1. The van der Waals surface area contributed by atoms with Crippen molar-refractivity contribution in [2.45, 2.75) is 30.4 Å². The molecule has 1 nitrogen and oxygen atoms in total. The predicted octanol–water partition coefficient (Wildman–Crippen LogP) is 2.99. The third-order valence-corrected chi connectivity index (χ3v) is 4.30. The van der Waals surface area contributed by atoms with Crippen LogP contribution in [0.15, 0.2) is 12.1 Å². The van der Waals surface area contributed by atoms with E-state index in [-0.39, 0.29) is 10.8 Å². The number of fused-ring (bicyclic) bond motifs is 1. The second kappa shape index (κ2) is 3.46. The summed E-state index contributed by atoms with van der Waals surface area (Å²) in [5.74, 6) is -0.477. The quantitative estimate of drug-likeness (QED) is 0.740. The Kier molecular flexibility index (Phi) is 2.51. The molecule has 2 N–H and O–H groups in total. The summed E-state index contributed by atoms with van der Waals surface area (Å²) in [5.41, 5.74) is 7.16. The highest BCUT2D eigenvalue weighted by atomic mass is 32.2. The summed E-state index contributed by atoms with van der Waals surface area (Å²) in [6.45, 7) is 3.99. The van der Waals surface area contributed by atoms with Crippen molar-refractivity contribution in [2.75, 3.05) is 0 Å². The predicted molar refractivity (Wildman–Crippen MR) is 58.7 cm³/mol. The molecule has 4 heteroatoms. The second-order valence-corrected chi connectivity index (χ2v) is 5.95. The van der Waals surface area contributed by atoms with Gasteiger partial charge in [-0.3, -0.25) is 0 Å². The minimum atomic E-state index is -0.551. The van der Waals surface area contributed by atoms with Crippen LogP contribution in [0.4, 0.5) is 8.78 Å². The molecule has 15 heavy (non-hydrogen) atoms. The van der Waals surface area contributed by atoms with Crippen LogP contribution in [0.25, 0.3) is 0 Å². The molecule has 0 aromatic heterocycles. The summed E-state index contributed by atoms with van der Waals surface area (Å²) in [6, 6.07) is 1.95. The first-order valence-electron chi connectivity index (χ1n) is 4.79. The molecule has 0 radical (unpaired) electrons. The van der Waals surface area contributed by atoms with Gasteiger partial charge in [-0.2, -0.15) is 0 Å². The summed E-state index contributed by atoms with van der Waals surface area (Å²) < 4.78 is 26.4. The topological polar surface area (TPSA) is 26.0 Å². The molecule has 1 atom stereocenters. The van der Waals surface area contributed by atoms with E-state index in [2.05, 4.69) is 0 Å². The van der Waals surface area contributed by atoms with Crippen LogP contribution in [-0.4, -0.2) is 4.75 Å². The van der Waals surface area contributed by atoms with Crippen molar-refractivity contribution in [2.24, 2.45) is 5.73 Å². The molecule has 2 rings (SSSR count). The Morgan fingerprint density at radius 2 is 2.07 bits per heavy atom. The van der Waals surface area contributed by atoms with E-state index in [0.717, 1.165) is 6.07 Å². The van der Waals surface area contributed by atoms with Crippen molar-refractivity contribution in [3.05, 3.63) is 34.9 Å². The van der Waals surface area contributed by atoms with E-state index in [1.165, 1.54) is 6.07 Å². The number of nitrogens with two attached hydrogens (primary N) is 1. The molecule has 0 saturated heterocycles. The lowest BCUT2D eigenvalue weighted by Gasteiger charge is -2.37. The van der Waals surface area contributed by atoms with E-state index in [1.807, 2.05) is 13.8 Å². The highest BCUT2D eigenvalue weighted by Crippen LogP contribution is 2.44. The van der Waals surface area contributed by atoms with Crippen molar-refractivity contribution >= 4 is 11.8 Å². The van der Waals surface area contributed by atoms with Gasteiger partial charge in [0.25, 0.3) is 0 Å². The number of benzene rings is 1.